The number of hydrogen-bond acceptors (Lipinski definition) is 3. The fourth-order valence-electron chi connectivity index (χ4n) is 1.73. The van der Waals surface area contributed by atoms with E-state index in [-0.39, 0.29) is 5.97 Å². The van der Waals surface area contributed by atoms with E-state index >= 15 is 0 Å². The van der Waals surface area contributed by atoms with E-state index < -0.39 is 0 Å². The average molecular weight is 220 g/mol. The molecule has 0 saturated carbocycles. The van der Waals surface area contributed by atoms with Crippen molar-refractivity contribution in [1.82, 2.24) is 0 Å². The number of ether oxygens (including phenoxy) is 1. The second kappa shape index (κ2) is 4.11. The second-order valence-corrected chi connectivity index (χ2v) is 4.04. The van der Waals surface area contributed by atoms with Crippen LogP contribution in [0.1, 0.15) is 19.8 Å². The molecule has 0 fully saturated rings. The van der Waals surface area contributed by atoms with Crippen LogP contribution >= 0.6 is 12.6 Å². The maximum absolute atomic E-state index is 10.9. The van der Waals surface area contributed by atoms with Crippen LogP contribution in [0, 0.1) is 0 Å². The van der Waals surface area contributed by atoms with Gasteiger partial charge < -0.3 is 4.74 Å². The van der Waals surface area contributed by atoms with Crippen molar-refractivity contribution in [2.45, 2.75) is 24.7 Å². The number of esters is 1. The molecule has 1 aliphatic carbocycles. The van der Waals surface area contributed by atoms with Gasteiger partial charge >= 0.3 is 5.97 Å². The summed E-state index contributed by atoms with van der Waals surface area (Å²) in [5.74, 6) is 0.316. The highest BCUT2D eigenvalue weighted by atomic mass is 32.1. The Kier molecular flexibility index (Phi) is 2.82. The van der Waals surface area contributed by atoms with Gasteiger partial charge in [0.05, 0.1) is 0 Å². The molecular formula is C12H12O2S. The van der Waals surface area contributed by atoms with Gasteiger partial charge in [-0.1, -0.05) is 12.2 Å². The number of fused-ring (bicyclic) bond motifs is 1. The Morgan fingerprint density at radius 2 is 2.07 bits per heavy atom. The molecule has 0 saturated heterocycles. The van der Waals surface area contributed by atoms with E-state index in [9.17, 15) is 4.79 Å². The fraction of sp³-hybridized carbons (Fsp3) is 0.250. The number of carbonyl (C=O) groups excluding carboxylic acids is 1. The SMILES string of the molecule is CC(=O)Oc1cc(S)cc2c1=CCCC=2. The van der Waals surface area contributed by atoms with Crippen LogP contribution < -0.4 is 15.2 Å². The third kappa shape index (κ3) is 2.23. The maximum atomic E-state index is 10.9. The quantitative estimate of drug-likeness (QED) is 0.438. The topological polar surface area (TPSA) is 26.3 Å². The van der Waals surface area contributed by atoms with Crippen molar-refractivity contribution in [3.63, 3.8) is 0 Å². The molecule has 0 radical (unpaired) electrons. The van der Waals surface area contributed by atoms with Crippen LogP contribution in [0.25, 0.3) is 12.2 Å². The predicted molar refractivity (Wildman–Crippen MR) is 62.4 cm³/mol. The zero-order valence-corrected chi connectivity index (χ0v) is 9.38. The van der Waals surface area contributed by atoms with Crippen LogP contribution in [-0.4, -0.2) is 5.97 Å². The highest BCUT2D eigenvalue weighted by molar-refractivity contribution is 7.80. The summed E-state index contributed by atoms with van der Waals surface area (Å²) in [4.78, 5) is 11.8. The first-order valence-electron chi connectivity index (χ1n) is 4.88. The molecule has 1 aliphatic rings. The average Bonchev–Trinajstić information content (AvgIpc) is 2.16. The molecule has 0 bridgehead atoms. The van der Waals surface area contributed by atoms with E-state index in [1.165, 1.54) is 6.92 Å². The minimum Gasteiger partial charge on any atom is -0.426 e. The van der Waals surface area contributed by atoms with E-state index in [4.69, 9.17) is 4.74 Å². The van der Waals surface area contributed by atoms with E-state index in [1.54, 1.807) is 6.07 Å². The highest BCUT2D eigenvalue weighted by Gasteiger charge is 2.05. The van der Waals surface area contributed by atoms with Gasteiger partial charge in [0, 0.05) is 17.0 Å². The number of benzene rings is 1. The maximum Gasteiger partial charge on any atom is 0.308 e. The molecule has 1 aromatic rings. The second-order valence-electron chi connectivity index (χ2n) is 3.53. The van der Waals surface area contributed by atoms with Gasteiger partial charge in [-0.25, -0.2) is 0 Å². The van der Waals surface area contributed by atoms with Crippen molar-refractivity contribution < 1.29 is 9.53 Å². The normalized spacial score (nSPS) is 13.5. The van der Waals surface area contributed by atoms with Gasteiger partial charge in [0.2, 0.25) is 0 Å². The summed E-state index contributed by atoms with van der Waals surface area (Å²) >= 11 is 4.29. The summed E-state index contributed by atoms with van der Waals surface area (Å²) < 4.78 is 5.15. The summed E-state index contributed by atoms with van der Waals surface area (Å²) in [5.41, 5.74) is 0. The monoisotopic (exact) mass is 220 g/mol. The van der Waals surface area contributed by atoms with Crippen molar-refractivity contribution in [3.05, 3.63) is 22.6 Å². The lowest BCUT2D eigenvalue weighted by atomic mass is 10.1. The van der Waals surface area contributed by atoms with Crippen molar-refractivity contribution in [1.29, 1.82) is 0 Å². The summed E-state index contributed by atoms with van der Waals surface area (Å²) in [6.45, 7) is 1.41. The molecule has 0 unspecified atom stereocenters. The predicted octanol–water partition coefficient (Wildman–Crippen LogP) is 1.26. The fourth-order valence-corrected chi connectivity index (χ4v) is 1.98. The minimum atomic E-state index is -0.296. The third-order valence-corrected chi connectivity index (χ3v) is 2.55. The number of carbonyl (C=O) groups is 1. The lowest BCUT2D eigenvalue weighted by Crippen LogP contribution is -2.29. The molecule has 2 nitrogen and oxygen atoms in total. The first-order chi connectivity index (χ1) is 7.16. The molecule has 0 heterocycles. The summed E-state index contributed by atoms with van der Waals surface area (Å²) in [6.07, 6.45) is 6.26. The van der Waals surface area contributed by atoms with Crippen molar-refractivity contribution in [2.75, 3.05) is 0 Å². The van der Waals surface area contributed by atoms with Gasteiger partial charge in [0.1, 0.15) is 5.75 Å². The van der Waals surface area contributed by atoms with Crippen LogP contribution in [0.5, 0.6) is 5.75 Å². The number of hydrogen-bond donors (Lipinski definition) is 1. The summed E-state index contributed by atoms with van der Waals surface area (Å²) in [6, 6.07) is 3.76. The molecule has 0 aromatic heterocycles. The van der Waals surface area contributed by atoms with Gasteiger partial charge in [0.25, 0.3) is 0 Å². The van der Waals surface area contributed by atoms with Crippen molar-refractivity contribution in [2.24, 2.45) is 0 Å². The van der Waals surface area contributed by atoms with Crippen LogP contribution in [0.15, 0.2) is 17.0 Å². The van der Waals surface area contributed by atoms with Gasteiger partial charge in [-0.05, 0) is 30.2 Å². The van der Waals surface area contributed by atoms with Crippen LogP contribution in [0.4, 0.5) is 0 Å². The first-order valence-corrected chi connectivity index (χ1v) is 5.33. The van der Waals surface area contributed by atoms with Crippen molar-refractivity contribution in [3.8, 4) is 5.75 Å². The highest BCUT2D eigenvalue weighted by Crippen LogP contribution is 2.11. The Morgan fingerprint density at radius 3 is 2.80 bits per heavy atom. The standard InChI is InChI=1S/C12H12O2S/c1-8(13)14-12-7-10(15)6-9-4-2-3-5-11(9)12/h4-7,15H,2-3H2,1H3. The molecule has 0 spiro atoms. The molecule has 2 rings (SSSR count). The molecule has 0 atom stereocenters. The molecule has 0 aliphatic heterocycles. The van der Waals surface area contributed by atoms with Gasteiger partial charge in [-0.3, -0.25) is 4.79 Å². The molecule has 0 N–H and O–H groups in total. The Bertz CT molecular complexity index is 517. The molecular weight excluding hydrogens is 208 g/mol. The lowest BCUT2D eigenvalue weighted by Gasteiger charge is -2.07. The molecule has 78 valence electrons. The Balaban J connectivity index is 2.64. The molecule has 1 aromatic carbocycles. The van der Waals surface area contributed by atoms with Gasteiger partial charge in [0.15, 0.2) is 0 Å². The Labute approximate surface area is 93.7 Å². The number of rotatable bonds is 1. The Hall–Kier alpha value is -1.22. The molecule has 15 heavy (non-hydrogen) atoms. The van der Waals surface area contributed by atoms with Crippen LogP contribution in [-0.2, 0) is 4.79 Å². The minimum absolute atomic E-state index is 0.296. The number of thiol groups is 1. The smallest absolute Gasteiger partial charge is 0.308 e. The summed E-state index contributed by atoms with van der Waals surface area (Å²) in [7, 11) is 0. The zero-order chi connectivity index (χ0) is 10.8. The van der Waals surface area contributed by atoms with E-state index in [0.29, 0.717) is 5.75 Å². The zero-order valence-electron chi connectivity index (χ0n) is 8.49. The van der Waals surface area contributed by atoms with Crippen molar-refractivity contribution >= 4 is 30.8 Å². The van der Waals surface area contributed by atoms with Crippen LogP contribution in [0.2, 0.25) is 0 Å². The Morgan fingerprint density at radius 1 is 1.33 bits per heavy atom. The van der Waals surface area contributed by atoms with Gasteiger partial charge in [-0.2, -0.15) is 0 Å². The largest absolute Gasteiger partial charge is 0.426 e. The molecule has 3 heteroatoms. The van der Waals surface area contributed by atoms with E-state index in [0.717, 1.165) is 28.2 Å². The first kappa shape index (κ1) is 10.3. The van der Waals surface area contributed by atoms with E-state index in [1.807, 2.05) is 6.07 Å². The lowest BCUT2D eigenvalue weighted by molar-refractivity contribution is -0.131. The molecule has 0 amide bonds. The summed E-state index contributed by atoms with van der Waals surface area (Å²) in [5, 5.41) is 2.11. The van der Waals surface area contributed by atoms with Crippen LogP contribution in [0.3, 0.4) is 0 Å². The third-order valence-electron chi connectivity index (χ3n) is 2.29. The van der Waals surface area contributed by atoms with E-state index in [2.05, 4.69) is 24.8 Å². The van der Waals surface area contributed by atoms with Gasteiger partial charge in [-0.15, -0.1) is 12.6 Å².